The van der Waals surface area contributed by atoms with Crippen LogP contribution in [0.2, 0.25) is 0 Å². The fourth-order valence-electron chi connectivity index (χ4n) is 1.62. The SMILES string of the molecule is CCOC(=O)/C=C/COc1cc(OC)c(OC)c(OC)c1. The predicted octanol–water partition coefficient (Wildman–Crippen LogP) is 2.21. The molecule has 0 saturated heterocycles. The first kappa shape index (κ1) is 16.7. The molecule has 0 bridgehead atoms. The van der Waals surface area contributed by atoms with Crippen LogP contribution in [0.4, 0.5) is 0 Å². The standard InChI is InChI=1S/C15H20O6/c1-5-20-14(16)7-6-8-21-11-9-12(17-2)15(19-4)13(10-11)18-3/h6-7,9-10H,5,8H2,1-4H3/b7-6+. The lowest BCUT2D eigenvalue weighted by Crippen LogP contribution is -2.01. The Labute approximate surface area is 124 Å². The summed E-state index contributed by atoms with van der Waals surface area (Å²) in [5, 5.41) is 0. The van der Waals surface area contributed by atoms with Crippen molar-refractivity contribution in [1.82, 2.24) is 0 Å². The number of rotatable bonds is 8. The van der Waals surface area contributed by atoms with Gasteiger partial charge in [0.05, 0.1) is 27.9 Å². The van der Waals surface area contributed by atoms with Gasteiger partial charge in [-0.1, -0.05) is 0 Å². The number of hydrogen-bond donors (Lipinski definition) is 0. The molecule has 0 unspecified atom stereocenters. The van der Waals surface area contributed by atoms with E-state index in [1.54, 1.807) is 25.1 Å². The Hall–Kier alpha value is -2.37. The average Bonchev–Trinajstić information content (AvgIpc) is 2.50. The zero-order valence-corrected chi connectivity index (χ0v) is 12.7. The lowest BCUT2D eigenvalue weighted by Gasteiger charge is -2.14. The summed E-state index contributed by atoms with van der Waals surface area (Å²) in [4.78, 5) is 11.1. The van der Waals surface area contributed by atoms with Crippen LogP contribution in [-0.4, -0.2) is 40.5 Å². The first-order valence-corrected chi connectivity index (χ1v) is 6.42. The molecule has 0 atom stereocenters. The van der Waals surface area contributed by atoms with Gasteiger partial charge in [-0.05, 0) is 13.0 Å². The summed E-state index contributed by atoms with van der Waals surface area (Å²) in [6.45, 7) is 2.31. The number of carbonyl (C=O) groups is 1. The Balaban J connectivity index is 2.73. The summed E-state index contributed by atoms with van der Waals surface area (Å²) in [7, 11) is 4.59. The molecule has 0 radical (unpaired) electrons. The lowest BCUT2D eigenvalue weighted by atomic mass is 10.2. The van der Waals surface area contributed by atoms with Crippen LogP contribution in [-0.2, 0) is 9.53 Å². The summed E-state index contributed by atoms with van der Waals surface area (Å²) >= 11 is 0. The van der Waals surface area contributed by atoms with Gasteiger partial charge in [-0.3, -0.25) is 0 Å². The maximum Gasteiger partial charge on any atom is 0.330 e. The van der Waals surface area contributed by atoms with E-state index >= 15 is 0 Å². The molecule has 0 aliphatic carbocycles. The van der Waals surface area contributed by atoms with Gasteiger partial charge >= 0.3 is 5.97 Å². The van der Waals surface area contributed by atoms with Crippen LogP contribution in [0.3, 0.4) is 0 Å². The molecular weight excluding hydrogens is 276 g/mol. The Morgan fingerprint density at radius 2 is 1.71 bits per heavy atom. The second-order valence-corrected chi connectivity index (χ2v) is 3.83. The van der Waals surface area contributed by atoms with E-state index in [-0.39, 0.29) is 6.61 Å². The number of carbonyl (C=O) groups excluding carboxylic acids is 1. The Bertz CT molecular complexity index is 470. The third-order valence-electron chi connectivity index (χ3n) is 2.52. The lowest BCUT2D eigenvalue weighted by molar-refractivity contribution is -0.137. The minimum Gasteiger partial charge on any atom is -0.493 e. The number of hydrogen-bond acceptors (Lipinski definition) is 6. The summed E-state index contributed by atoms with van der Waals surface area (Å²) in [6, 6.07) is 3.36. The van der Waals surface area contributed by atoms with Crippen LogP contribution in [0.5, 0.6) is 23.0 Å². The highest BCUT2D eigenvalue weighted by Crippen LogP contribution is 2.40. The quantitative estimate of drug-likeness (QED) is 0.541. The number of esters is 1. The Kier molecular flexibility index (Phi) is 6.94. The van der Waals surface area contributed by atoms with Crippen molar-refractivity contribution < 1.29 is 28.5 Å². The van der Waals surface area contributed by atoms with Crippen molar-refractivity contribution in [2.45, 2.75) is 6.92 Å². The molecule has 0 aliphatic rings. The third-order valence-corrected chi connectivity index (χ3v) is 2.52. The molecule has 0 amide bonds. The van der Waals surface area contributed by atoms with Crippen molar-refractivity contribution in [3.8, 4) is 23.0 Å². The van der Waals surface area contributed by atoms with E-state index in [4.69, 9.17) is 23.7 Å². The zero-order chi connectivity index (χ0) is 15.7. The Morgan fingerprint density at radius 1 is 1.10 bits per heavy atom. The third kappa shape index (κ3) is 4.91. The van der Waals surface area contributed by atoms with Crippen molar-refractivity contribution in [3.63, 3.8) is 0 Å². The van der Waals surface area contributed by atoms with E-state index in [0.29, 0.717) is 29.6 Å². The molecule has 116 valence electrons. The molecule has 0 saturated carbocycles. The van der Waals surface area contributed by atoms with Gasteiger partial charge in [0.2, 0.25) is 5.75 Å². The van der Waals surface area contributed by atoms with E-state index in [1.807, 2.05) is 0 Å². The number of benzene rings is 1. The fourth-order valence-corrected chi connectivity index (χ4v) is 1.62. The van der Waals surface area contributed by atoms with E-state index in [2.05, 4.69) is 0 Å². The first-order valence-electron chi connectivity index (χ1n) is 6.42. The molecule has 0 aliphatic heterocycles. The van der Waals surface area contributed by atoms with Gasteiger partial charge in [0.1, 0.15) is 12.4 Å². The molecule has 0 aromatic heterocycles. The fraction of sp³-hybridized carbons (Fsp3) is 0.400. The summed E-state index contributed by atoms with van der Waals surface area (Å²) in [5.74, 6) is 1.64. The van der Waals surface area contributed by atoms with Crippen molar-refractivity contribution >= 4 is 5.97 Å². The summed E-state index contributed by atoms with van der Waals surface area (Å²) in [5.41, 5.74) is 0. The van der Waals surface area contributed by atoms with Gasteiger partial charge in [0.25, 0.3) is 0 Å². The number of methoxy groups -OCH3 is 3. The van der Waals surface area contributed by atoms with Crippen LogP contribution < -0.4 is 18.9 Å². The average molecular weight is 296 g/mol. The smallest absolute Gasteiger partial charge is 0.330 e. The summed E-state index contributed by atoms with van der Waals surface area (Å²) < 4.78 is 25.9. The molecule has 0 spiro atoms. The first-order chi connectivity index (χ1) is 10.2. The van der Waals surface area contributed by atoms with Gasteiger partial charge in [0.15, 0.2) is 11.5 Å². The van der Waals surface area contributed by atoms with Gasteiger partial charge in [0, 0.05) is 18.2 Å². The van der Waals surface area contributed by atoms with Gasteiger partial charge < -0.3 is 23.7 Å². The van der Waals surface area contributed by atoms with E-state index in [9.17, 15) is 4.79 Å². The molecule has 1 rings (SSSR count). The van der Waals surface area contributed by atoms with Crippen LogP contribution in [0.15, 0.2) is 24.3 Å². The molecular formula is C15H20O6. The van der Waals surface area contributed by atoms with E-state index < -0.39 is 5.97 Å². The topological polar surface area (TPSA) is 63.2 Å². The van der Waals surface area contributed by atoms with Gasteiger partial charge in [-0.25, -0.2) is 4.79 Å². The molecule has 0 heterocycles. The van der Waals surface area contributed by atoms with Crippen LogP contribution in [0, 0.1) is 0 Å². The van der Waals surface area contributed by atoms with Gasteiger partial charge in [-0.15, -0.1) is 0 Å². The van der Waals surface area contributed by atoms with Crippen molar-refractivity contribution in [2.75, 3.05) is 34.5 Å². The molecule has 0 N–H and O–H groups in total. The maximum atomic E-state index is 11.1. The van der Waals surface area contributed by atoms with Crippen molar-refractivity contribution in [3.05, 3.63) is 24.3 Å². The monoisotopic (exact) mass is 296 g/mol. The van der Waals surface area contributed by atoms with Crippen LogP contribution in [0.25, 0.3) is 0 Å². The molecule has 21 heavy (non-hydrogen) atoms. The zero-order valence-electron chi connectivity index (χ0n) is 12.7. The number of ether oxygens (including phenoxy) is 5. The molecule has 1 aromatic carbocycles. The van der Waals surface area contributed by atoms with E-state index in [0.717, 1.165) is 0 Å². The van der Waals surface area contributed by atoms with Crippen LogP contribution >= 0.6 is 0 Å². The highest BCUT2D eigenvalue weighted by Gasteiger charge is 2.13. The van der Waals surface area contributed by atoms with Crippen LogP contribution in [0.1, 0.15) is 6.92 Å². The van der Waals surface area contributed by atoms with Crippen molar-refractivity contribution in [2.24, 2.45) is 0 Å². The summed E-state index contributed by atoms with van der Waals surface area (Å²) in [6.07, 6.45) is 2.89. The van der Waals surface area contributed by atoms with Crippen molar-refractivity contribution in [1.29, 1.82) is 0 Å². The van der Waals surface area contributed by atoms with E-state index in [1.165, 1.54) is 27.4 Å². The van der Waals surface area contributed by atoms with Gasteiger partial charge in [-0.2, -0.15) is 0 Å². The highest BCUT2D eigenvalue weighted by molar-refractivity contribution is 5.81. The molecule has 0 fully saturated rings. The molecule has 1 aromatic rings. The highest BCUT2D eigenvalue weighted by atomic mass is 16.5. The maximum absolute atomic E-state index is 11.1. The molecule has 6 heteroatoms. The molecule has 6 nitrogen and oxygen atoms in total. The Morgan fingerprint density at radius 3 is 2.19 bits per heavy atom. The second-order valence-electron chi connectivity index (χ2n) is 3.83. The second kappa shape index (κ2) is 8.73. The largest absolute Gasteiger partial charge is 0.493 e. The minimum absolute atomic E-state index is 0.220. The minimum atomic E-state index is -0.397. The predicted molar refractivity (Wildman–Crippen MR) is 77.4 cm³/mol. The normalized spacial score (nSPS) is 10.3.